The van der Waals surface area contributed by atoms with Crippen LogP contribution in [0.25, 0.3) is 0 Å². The van der Waals surface area contributed by atoms with Crippen LogP contribution in [0.15, 0.2) is 48.5 Å². The molecule has 0 aromatic heterocycles. The predicted octanol–water partition coefficient (Wildman–Crippen LogP) is 3.25. The predicted molar refractivity (Wildman–Crippen MR) is 115 cm³/mol. The van der Waals surface area contributed by atoms with Gasteiger partial charge in [-0.15, -0.1) is 0 Å². The Morgan fingerprint density at radius 2 is 1.87 bits per heavy atom. The first kappa shape index (κ1) is 21.8. The SMILES string of the molecule is COc1ccc(CNCC(=O)N2CCCCC2COCc2ccc(C#N)cc2)cc1. The summed E-state index contributed by atoms with van der Waals surface area (Å²) >= 11 is 0. The zero-order valence-electron chi connectivity index (χ0n) is 17.5. The van der Waals surface area contributed by atoms with Crippen LogP contribution in [0.1, 0.15) is 36.0 Å². The molecule has 1 atom stereocenters. The number of ether oxygens (including phenoxy) is 2. The monoisotopic (exact) mass is 407 g/mol. The number of carbonyl (C=O) groups is 1. The maximum Gasteiger partial charge on any atom is 0.236 e. The molecule has 1 aliphatic rings. The zero-order valence-corrected chi connectivity index (χ0v) is 17.5. The summed E-state index contributed by atoms with van der Waals surface area (Å²) in [5.74, 6) is 0.946. The second-order valence-corrected chi connectivity index (χ2v) is 7.51. The molecule has 3 rings (SSSR count). The molecule has 0 radical (unpaired) electrons. The Morgan fingerprint density at radius 3 is 2.57 bits per heavy atom. The average Bonchev–Trinajstić information content (AvgIpc) is 2.80. The number of nitrogens with zero attached hydrogens (tertiary/aromatic N) is 2. The smallest absolute Gasteiger partial charge is 0.236 e. The van der Waals surface area contributed by atoms with Crippen molar-refractivity contribution in [1.29, 1.82) is 5.26 Å². The standard InChI is InChI=1S/C24H29N3O3/c1-29-23-11-9-20(10-12-23)15-26-16-24(28)27-13-3-2-4-22(27)18-30-17-21-7-5-19(14-25)6-8-21/h5-12,22,26H,2-4,13,15-18H2,1H3. The molecule has 1 aliphatic heterocycles. The minimum Gasteiger partial charge on any atom is -0.497 e. The van der Waals surface area contributed by atoms with Gasteiger partial charge < -0.3 is 19.7 Å². The zero-order chi connectivity index (χ0) is 21.2. The van der Waals surface area contributed by atoms with Gasteiger partial charge >= 0.3 is 0 Å². The highest BCUT2D eigenvalue weighted by Gasteiger charge is 2.26. The molecule has 1 fully saturated rings. The van der Waals surface area contributed by atoms with Gasteiger partial charge in [0.2, 0.25) is 5.91 Å². The molecule has 158 valence electrons. The number of rotatable bonds is 9. The first-order valence-corrected chi connectivity index (χ1v) is 10.4. The number of hydrogen-bond donors (Lipinski definition) is 1. The summed E-state index contributed by atoms with van der Waals surface area (Å²) in [5, 5.41) is 12.1. The van der Waals surface area contributed by atoms with Gasteiger partial charge in [0.1, 0.15) is 5.75 Å². The van der Waals surface area contributed by atoms with E-state index in [-0.39, 0.29) is 11.9 Å². The summed E-state index contributed by atoms with van der Waals surface area (Å²) in [6.45, 7) is 2.76. The average molecular weight is 408 g/mol. The molecular formula is C24H29N3O3. The molecule has 0 saturated carbocycles. The van der Waals surface area contributed by atoms with Crippen LogP contribution in [-0.4, -0.2) is 43.7 Å². The number of amides is 1. The molecule has 2 aromatic rings. The molecule has 2 aromatic carbocycles. The molecule has 0 bridgehead atoms. The topological polar surface area (TPSA) is 74.6 Å². The van der Waals surface area contributed by atoms with Gasteiger partial charge in [-0.3, -0.25) is 4.79 Å². The van der Waals surface area contributed by atoms with Gasteiger partial charge in [-0.2, -0.15) is 5.26 Å². The maximum absolute atomic E-state index is 12.8. The Hall–Kier alpha value is -2.88. The highest BCUT2D eigenvalue weighted by atomic mass is 16.5. The lowest BCUT2D eigenvalue weighted by Gasteiger charge is -2.35. The molecule has 1 saturated heterocycles. The Bertz CT molecular complexity index is 843. The number of nitrogens with one attached hydrogen (secondary N) is 1. The number of benzene rings is 2. The quantitative estimate of drug-likeness (QED) is 0.691. The van der Waals surface area contributed by atoms with Crippen molar-refractivity contribution < 1.29 is 14.3 Å². The van der Waals surface area contributed by atoms with E-state index in [9.17, 15) is 4.79 Å². The lowest BCUT2D eigenvalue weighted by Crippen LogP contribution is -2.49. The highest BCUT2D eigenvalue weighted by Crippen LogP contribution is 2.18. The van der Waals surface area contributed by atoms with E-state index in [1.807, 2.05) is 41.3 Å². The largest absolute Gasteiger partial charge is 0.497 e. The molecule has 6 heteroatoms. The summed E-state index contributed by atoms with van der Waals surface area (Å²) in [4.78, 5) is 14.7. The number of nitriles is 1. The number of carbonyl (C=O) groups excluding carboxylic acids is 1. The van der Waals surface area contributed by atoms with E-state index in [0.717, 1.165) is 42.7 Å². The highest BCUT2D eigenvalue weighted by molar-refractivity contribution is 5.78. The molecule has 1 amide bonds. The number of hydrogen-bond acceptors (Lipinski definition) is 5. The fourth-order valence-electron chi connectivity index (χ4n) is 3.65. The summed E-state index contributed by atoms with van der Waals surface area (Å²) in [6, 6.07) is 17.5. The Balaban J connectivity index is 1.44. The summed E-state index contributed by atoms with van der Waals surface area (Å²) in [6.07, 6.45) is 3.13. The van der Waals surface area contributed by atoms with Crippen LogP contribution in [0.3, 0.4) is 0 Å². The Morgan fingerprint density at radius 1 is 1.13 bits per heavy atom. The molecule has 0 spiro atoms. The van der Waals surface area contributed by atoms with Crippen molar-refractivity contribution >= 4 is 5.91 Å². The molecular weight excluding hydrogens is 378 g/mol. The maximum atomic E-state index is 12.8. The number of methoxy groups -OCH3 is 1. The van der Waals surface area contributed by atoms with E-state index < -0.39 is 0 Å². The van der Waals surface area contributed by atoms with Crippen LogP contribution < -0.4 is 10.1 Å². The third-order valence-corrected chi connectivity index (χ3v) is 5.37. The first-order valence-electron chi connectivity index (χ1n) is 10.4. The summed E-state index contributed by atoms with van der Waals surface area (Å²) in [5.41, 5.74) is 2.79. The van der Waals surface area contributed by atoms with Crippen LogP contribution in [0.4, 0.5) is 0 Å². The van der Waals surface area contributed by atoms with E-state index in [4.69, 9.17) is 14.7 Å². The fourth-order valence-corrected chi connectivity index (χ4v) is 3.65. The van der Waals surface area contributed by atoms with Crippen molar-refractivity contribution in [1.82, 2.24) is 10.2 Å². The number of piperidine rings is 1. The van der Waals surface area contributed by atoms with Crippen molar-refractivity contribution in [3.8, 4) is 11.8 Å². The van der Waals surface area contributed by atoms with Crippen molar-refractivity contribution in [3.05, 3.63) is 65.2 Å². The van der Waals surface area contributed by atoms with Gasteiger partial charge in [-0.05, 0) is 54.7 Å². The summed E-state index contributed by atoms with van der Waals surface area (Å²) < 4.78 is 11.1. The minimum atomic E-state index is 0.118. The van der Waals surface area contributed by atoms with E-state index in [1.165, 1.54) is 0 Å². The normalized spacial score (nSPS) is 16.1. The van der Waals surface area contributed by atoms with Crippen molar-refractivity contribution in [3.63, 3.8) is 0 Å². The fraction of sp³-hybridized carbons (Fsp3) is 0.417. The molecule has 1 heterocycles. The summed E-state index contributed by atoms with van der Waals surface area (Å²) in [7, 11) is 1.65. The van der Waals surface area contributed by atoms with Crippen LogP contribution >= 0.6 is 0 Å². The number of likely N-dealkylation sites (tertiary alicyclic amines) is 1. The van der Waals surface area contributed by atoms with E-state index in [0.29, 0.717) is 31.9 Å². The second-order valence-electron chi connectivity index (χ2n) is 7.51. The van der Waals surface area contributed by atoms with Crippen LogP contribution in [0, 0.1) is 11.3 Å². The van der Waals surface area contributed by atoms with Gasteiger partial charge in [0.25, 0.3) is 0 Å². The minimum absolute atomic E-state index is 0.118. The third kappa shape index (κ3) is 6.31. The van der Waals surface area contributed by atoms with Crippen LogP contribution in [0.2, 0.25) is 0 Å². The molecule has 1 N–H and O–H groups in total. The molecule has 6 nitrogen and oxygen atoms in total. The van der Waals surface area contributed by atoms with Gasteiger partial charge in [0.15, 0.2) is 0 Å². The lowest BCUT2D eigenvalue weighted by atomic mass is 10.0. The molecule has 30 heavy (non-hydrogen) atoms. The van der Waals surface area contributed by atoms with Gasteiger partial charge in [-0.25, -0.2) is 0 Å². The van der Waals surface area contributed by atoms with Gasteiger partial charge in [0.05, 0.1) is 44.5 Å². The van der Waals surface area contributed by atoms with Crippen LogP contribution in [-0.2, 0) is 22.7 Å². The molecule has 1 unspecified atom stereocenters. The van der Waals surface area contributed by atoms with E-state index in [2.05, 4.69) is 11.4 Å². The first-order chi connectivity index (χ1) is 14.7. The van der Waals surface area contributed by atoms with Crippen molar-refractivity contribution in [2.75, 3.05) is 26.8 Å². The Labute approximate surface area is 178 Å². The van der Waals surface area contributed by atoms with E-state index >= 15 is 0 Å². The van der Waals surface area contributed by atoms with Crippen molar-refractivity contribution in [2.24, 2.45) is 0 Å². The lowest BCUT2D eigenvalue weighted by molar-refractivity contribution is -0.135. The molecule has 0 aliphatic carbocycles. The van der Waals surface area contributed by atoms with Gasteiger partial charge in [0, 0.05) is 13.1 Å². The van der Waals surface area contributed by atoms with Crippen LogP contribution in [0.5, 0.6) is 5.75 Å². The second kappa shape index (κ2) is 11.3. The third-order valence-electron chi connectivity index (χ3n) is 5.37. The van der Waals surface area contributed by atoms with E-state index in [1.54, 1.807) is 19.2 Å². The Kier molecular flexibility index (Phi) is 8.25. The van der Waals surface area contributed by atoms with Gasteiger partial charge in [-0.1, -0.05) is 24.3 Å². The van der Waals surface area contributed by atoms with Crippen molar-refractivity contribution in [2.45, 2.75) is 38.5 Å².